The molecule has 0 bridgehead atoms. The maximum atomic E-state index is 13.9. The van der Waals surface area contributed by atoms with Gasteiger partial charge in [0.2, 0.25) is 5.78 Å². The number of hydrogen-bond acceptors (Lipinski definition) is 10. The number of carbonyl (C=O) groups is 4. The van der Waals surface area contributed by atoms with Gasteiger partial charge >= 0.3 is 0 Å². The summed E-state index contributed by atoms with van der Waals surface area (Å²) >= 11 is 0. The van der Waals surface area contributed by atoms with Crippen molar-refractivity contribution < 1.29 is 44.7 Å². The number of carbonyl (C=O) groups excluding carboxylic acids is 4. The van der Waals surface area contributed by atoms with E-state index in [0.29, 0.717) is 11.1 Å². The summed E-state index contributed by atoms with van der Waals surface area (Å²) in [6.45, 7) is 5.01. The molecule has 3 aliphatic rings. The zero-order chi connectivity index (χ0) is 28.6. The summed E-state index contributed by atoms with van der Waals surface area (Å²) in [5.74, 6) is -9.59. The van der Waals surface area contributed by atoms with Gasteiger partial charge in [-0.15, -0.1) is 0 Å². The Morgan fingerprint density at radius 2 is 1.76 bits per heavy atom. The van der Waals surface area contributed by atoms with E-state index in [1.165, 1.54) is 19.0 Å². The third-order valence-electron chi connectivity index (χ3n) is 8.35. The lowest BCUT2D eigenvalue weighted by Crippen LogP contribution is -2.68. The maximum Gasteiger partial charge on any atom is 0.255 e. The van der Waals surface area contributed by atoms with Crippen molar-refractivity contribution in [2.45, 2.75) is 57.3 Å². The molecule has 38 heavy (non-hydrogen) atoms. The van der Waals surface area contributed by atoms with Gasteiger partial charge in [0.1, 0.15) is 28.6 Å². The van der Waals surface area contributed by atoms with E-state index in [1.807, 2.05) is 0 Å². The van der Waals surface area contributed by atoms with Crippen molar-refractivity contribution in [2.75, 3.05) is 14.1 Å². The number of primary amides is 1. The highest BCUT2D eigenvalue weighted by atomic mass is 16.4. The van der Waals surface area contributed by atoms with Crippen LogP contribution in [0.2, 0.25) is 0 Å². The van der Waals surface area contributed by atoms with Gasteiger partial charge < -0.3 is 31.3 Å². The van der Waals surface area contributed by atoms with E-state index >= 15 is 0 Å². The maximum absolute atomic E-state index is 13.9. The van der Waals surface area contributed by atoms with E-state index in [1.54, 1.807) is 26.8 Å². The quantitative estimate of drug-likeness (QED) is 0.292. The van der Waals surface area contributed by atoms with Gasteiger partial charge in [-0.2, -0.15) is 0 Å². The molecule has 0 aliphatic heterocycles. The highest BCUT2D eigenvalue weighted by molar-refractivity contribution is 6.25. The predicted octanol–water partition coefficient (Wildman–Crippen LogP) is 0.482. The van der Waals surface area contributed by atoms with Crippen molar-refractivity contribution in [1.82, 2.24) is 4.90 Å². The van der Waals surface area contributed by atoms with Crippen molar-refractivity contribution in [1.29, 1.82) is 0 Å². The Kier molecular flexibility index (Phi) is 6.54. The van der Waals surface area contributed by atoms with E-state index in [2.05, 4.69) is 0 Å². The number of ketones is 3. The van der Waals surface area contributed by atoms with E-state index in [9.17, 15) is 44.7 Å². The molecule has 204 valence electrons. The lowest BCUT2D eigenvalue weighted by atomic mass is 9.55. The normalized spacial score (nSPS) is 30.8. The summed E-state index contributed by atoms with van der Waals surface area (Å²) in [6, 6.07) is 0.329. The van der Waals surface area contributed by atoms with E-state index in [-0.39, 0.29) is 29.8 Å². The first-order chi connectivity index (χ1) is 17.6. The van der Waals surface area contributed by atoms with E-state index < -0.39 is 81.4 Å². The summed E-state index contributed by atoms with van der Waals surface area (Å²) in [5, 5.41) is 56.7. The Balaban J connectivity index is 2.02. The predicted molar refractivity (Wildman–Crippen MR) is 134 cm³/mol. The monoisotopic (exact) mass is 528 g/mol. The van der Waals surface area contributed by atoms with Crippen LogP contribution in [-0.2, 0) is 20.8 Å². The average molecular weight is 529 g/mol. The molecular formula is C27H32N2O9. The Morgan fingerprint density at radius 1 is 1.16 bits per heavy atom. The van der Waals surface area contributed by atoms with Crippen LogP contribution in [0.3, 0.4) is 0 Å². The second kappa shape index (κ2) is 9.04. The Labute approximate surface area is 218 Å². The fourth-order valence-corrected chi connectivity index (χ4v) is 6.41. The van der Waals surface area contributed by atoms with Crippen molar-refractivity contribution in [3.05, 3.63) is 51.0 Å². The van der Waals surface area contributed by atoms with Crippen LogP contribution < -0.4 is 5.73 Å². The molecule has 0 saturated carbocycles. The van der Waals surface area contributed by atoms with Crippen LogP contribution in [0.5, 0.6) is 5.75 Å². The van der Waals surface area contributed by atoms with Crippen molar-refractivity contribution in [3.63, 3.8) is 0 Å². The average Bonchev–Trinajstić information content (AvgIpc) is 2.83. The topological polar surface area (TPSA) is 199 Å². The van der Waals surface area contributed by atoms with Crippen molar-refractivity contribution in [2.24, 2.45) is 17.6 Å². The zero-order valence-electron chi connectivity index (χ0n) is 21.8. The third kappa shape index (κ3) is 3.45. The van der Waals surface area contributed by atoms with Gasteiger partial charge in [0, 0.05) is 29.9 Å². The van der Waals surface area contributed by atoms with Gasteiger partial charge in [0.25, 0.3) is 5.91 Å². The highest BCUT2D eigenvalue weighted by Crippen LogP contribution is 2.56. The molecule has 0 aromatic heterocycles. The number of likely N-dealkylation sites (N-methyl/N-ethyl adjacent to an activating group) is 1. The molecule has 6 atom stereocenters. The number of hydrogen-bond donors (Lipinski definition) is 6. The van der Waals surface area contributed by atoms with Crippen LogP contribution in [0.1, 0.15) is 53.2 Å². The van der Waals surface area contributed by atoms with Crippen LogP contribution in [0, 0.1) is 18.8 Å². The van der Waals surface area contributed by atoms with Gasteiger partial charge in [-0.25, -0.2) is 0 Å². The SMILES string of the molecule is CCC(=O)Cc1c(C)cc2c(c1O)C(=O)C1=C(O)C3(O)C(=O)C(C(N)=O)=C(O)C(N(C)C)C3C(O)C1C2C. The number of fused-ring (bicyclic) bond motifs is 3. The Bertz CT molecular complexity index is 1360. The van der Waals surface area contributed by atoms with Crippen LogP contribution >= 0.6 is 0 Å². The van der Waals surface area contributed by atoms with Crippen molar-refractivity contribution >= 4 is 23.3 Å². The number of phenols is 1. The molecule has 7 N–H and O–H groups in total. The van der Waals surface area contributed by atoms with E-state index in [4.69, 9.17) is 5.73 Å². The molecule has 11 heteroatoms. The number of Topliss-reactive ketones (excluding diaryl/α,β-unsaturated/α-hetero) is 3. The van der Waals surface area contributed by atoms with Gasteiger partial charge in [0.15, 0.2) is 11.4 Å². The number of nitrogens with zero attached hydrogens (tertiary/aromatic N) is 1. The third-order valence-corrected chi connectivity index (χ3v) is 8.35. The number of aryl methyl sites for hydroxylation is 1. The lowest BCUT2D eigenvalue weighted by Gasteiger charge is -2.53. The fraction of sp³-hybridized carbons (Fsp3) is 0.481. The molecule has 4 rings (SSSR count). The summed E-state index contributed by atoms with van der Waals surface area (Å²) in [5.41, 5.74) is 1.89. The summed E-state index contributed by atoms with van der Waals surface area (Å²) in [4.78, 5) is 52.9. The van der Waals surface area contributed by atoms with Gasteiger partial charge in [-0.1, -0.05) is 19.9 Å². The number of rotatable bonds is 5. The molecule has 1 amide bonds. The number of nitrogens with two attached hydrogens (primary N) is 1. The number of phenolic OH excluding ortho intramolecular Hbond substituents is 1. The fourth-order valence-electron chi connectivity index (χ4n) is 6.41. The first kappa shape index (κ1) is 27.5. The van der Waals surface area contributed by atoms with Crippen molar-refractivity contribution in [3.8, 4) is 5.75 Å². The number of amides is 1. The highest BCUT2D eigenvalue weighted by Gasteiger charge is 2.67. The second-order valence-corrected chi connectivity index (χ2v) is 10.6. The Hall–Kier alpha value is -3.54. The standard InChI is InChI=1S/C27H32N2O9/c1-6-11(30)8-12-9(2)7-13-10(3)14-16(21(32)15(13)20(12)31)24(35)27(38)18(22(14)33)19(29(4)5)23(34)17(25(27)36)26(28)37/h7,10,14,18-19,22,31,33-35,38H,6,8H2,1-5H3,(H2,28,37). The molecule has 6 unspecified atom stereocenters. The van der Waals surface area contributed by atoms with Gasteiger partial charge in [-0.3, -0.25) is 24.1 Å². The zero-order valence-corrected chi connectivity index (χ0v) is 21.8. The summed E-state index contributed by atoms with van der Waals surface area (Å²) in [7, 11) is 2.95. The largest absolute Gasteiger partial charge is 0.510 e. The molecule has 0 saturated heterocycles. The molecule has 0 fully saturated rings. The minimum absolute atomic E-state index is 0.124. The minimum atomic E-state index is -2.97. The minimum Gasteiger partial charge on any atom is -0.510 e. The van der Waals surface area contributed by atoms with Gasteiger partial charge in [-0.05, 0) is 38.1 Å². The molecule has 1 aromatic carbocycles. The summed E-state index contributed by atoms with van der Waals surface area (Å²) in [6.07, 6.45) is -1.57. The van der Waals surface area contributed by atoms with E-state index in [0.717, 1.165) is 0 Å². The molecule has 11 nitrogen and oxygen atoms in total. The number of benzene rings is 1. The molecular weight excluding hydrogens is 496 g/mol. The molecule has 0 heterocycles. The molecule has 1 aromatic rings. The van der Waals surface area contributed by atoms with Crippen LogP contribution in [-0.4, -0.2) is 85.5 Å². The van der Waals surface area contributed by atoms with Crippen LogP contribution in [0.15, 0.2) is 28.7 Å². The second-order valence-electron chi connectivity index (χ2n) is 10.6. The smallest absolute Gasteiger partial charge is 0.255 e. The Morgan fingerprint density at radius 3 is 2.29 bits per heavy atom. The first-order valence-corrected chi connectivity index (χ1v) is 12.3. The van der Waals surface area contributed by atoms with Gasteiger partial charge in [0.05, 0.1) is 23.6 Å². The number of aliphatic hydroxyl groups excluding tert-OH is 3. The van der Waals surface area contributed by atoms with Crippen LogP contribution in [0.4, 0.5) is 0 Å². The molecule has 0 radical (unpaired) electrons. The lowest BCUT2D eigenvalue weighted by molar-refractivity contribution is -0.162. The molecule has 0 spiro atoms. The molecule has 3 aliphatic carbocycles. The first-order valence-electron chi connectivity index (χ1n) is 12.3. The number of aliphatic hydroxyl groups is 4. The van der Waals surface area contributed by atoms with Crippen LogP contribution in [0.25, 0.3) is 0 Å². The number of aromatic hydroxyl groups is 1. The summed E-state index contributed by atoms with van der Waals surface area (Å²) < 4.78 is 0.